The number of hydrogen-bond acceptors (Lipinski definition) is 3. The molecule has 1 aromatic carbocycles. The Labute approximate surface area is 149 Å². The van der Waals surface area contributed by atoms with Gasteiger partial charge in [0, 0.05) is 38.6 Å². The molecule has 0 spiro atoms. The molecular formula is C20H27N3O2. The molecule has 5 nitrogen and oxygen atoms in total. The number of ether oxygens (including phenoxy) is 1. The number of amides is 1. The van der Waals surface area contributed by atoms with Crippen LogP contribution in [0.5, 0.6) is 0 Å². The highest BCUT2D eigenvalue weighted by Crippen LogP contribution is 2.33. The number of carbonyl (C=O) groups is 1. The summed E-state index contributed by atoms with van der Waals surface area (Å²) in [6.07, 6.45) is 2.66. The quantitative estimate of drug-likeness (QED) is 0.924. The van der Waals surface area contributed by atoms with Crippen molar-refractivity contribution < 1.29 is 9.53 Å². The van der Waals surface area contributed by atoms with Gasteiger partial charge in [0.05, 0.1) is 5.69 Å². The fourth-order valence-corrected chi connectivity index (χ4v) is 3.18. The minimum absolute atomic E-state index is 0.263. The summed E-state index contributed by atoms with van der Waals surface area (Å²) in [5.41, 5.74) is 4.10. The first kappa shape index (κ1) is 17.5. The van der Waals surface area contributed by atoms with Gasteiger partial charge in [-0.15, -0.1) is 0 Å². The third-order valence-electron chi connectivity index (χ3n) is 4.36. The van der Waals surface area contributed by atoms with Gasteiger partial charge in [0.1, 0.15) is 5.60 Å². The second-order valence-electron chi connectivity index (χ2n) is 7.52. The lowest BCUT2D eigenvalue weighted by Crippen LogP contribution is -2.36. The number of benzene rings is 1. The van der Waals surface area contributed by atoms with Crippen LogP contribution in [0.1, 0.15) is 37.6 Å². The van der Waals surface area contributed by atoms with Gasteiger partial charge < -0.3 is 14.6 Å². The topological polar surface area (TPSA) is 46.5 Å². The number of carbonyl (C=O) groups excluding carboxylic acids is 1. The van der Waals surface area contributed by atoms with E-state index < -0.39 is 5.60 Å². The van der Waals surface area contributed by atoms with Gasteiger partial charge in [-0.05, 0) is 50.5 Å². The molecule has 5 heteroatoms. The summed E-state index contributed by atoms with van der Waals surface area (Å²) in [6, 6.07) is 10.4. The first-order valence-corrected chi connectivity index (χ1v) is 8.77. The van der Waals surface area contributed by atoms with E-state index >= 15 is 0 Å². The molecule has 0 unspecified atom stereocenters. The number of hydrogen-bond donors (Lipinski definition) is 1. The van der Waals surface area contributed by atoms with Gasteiger partial charge >= 0.3 is 6.09 Å². The zero-order valence-corrected chi connectivity index (χ0v) is 15.5. The molecule has 1 aliphatic rings. The molecule has 0 saturated heterocycles. The van der Waals surface area contributed by atoms with E-state index in [-0.39, 0.29) is 6.09 Å². The number of aryl methyl sites for hydroxylation is 1. The molecule has 1 aromatic heterocycles. The Hall–Kier alpha value is -2.27. The highest BCUT2D eigenvalue weighted by atomic mass is 16.6. The molecule has 0 aliphatic carbocycles. The SMILES string of the molecule is Cn1cccc1CNCc1cccc2c1N(C(=O)OC(C)(C)C)CC2. The van der Waals surface area contributed by atoms with Crippen molar-refractivity contribution in [3.8, 4) is 0 Å². The van der Waals surface area contributed by atoms with Crippen LogP contribution in [-0.4, -0.2) is 22.8 Å². The number of para-hydroxylation sites is 1. The molecule has 0 bridgehead atoms. The molecular weight excluding hydrogens is 314 g/mol. The monoisotopic (exact) mass is 341 g/mol. The van der Waals surface area contributed by atoms with E-state index in [1.165, 1.54) is 11.3 Å². The maximum absolute atomic E-state index is 12.6. The molecule has 25 heavy (non-hydrogen) atoms. The van der Waals surface area contributed by atoms with E-state index in [2.05, 4.69) is 34.1 Å². The van der Waals surface area contributed by atoms with Crippen molar-refractivity contribution in [1.82, 2.24) is 9.88 Å². The molecule has 0 atom stereocenters. The van der Waals surface area contributed by atoms with Gasteiger partial charge in [-0.2, -0.15) is 0 Å². The summed E-state index contributed by atoms with van der Waals surface area (Å²) in [4.78, 5) is 14.3. The lowest BCUT2D eigenvalue weighted by Gasteiger charge is -2.26. The van der Waals surface area contributed by atoms with Crippen LogP contribution in [0.4, 0.5) is 10.5 Å². The number of nitrogens with zero attached hydrogens (tertiary/aromatic N) is 2. The average molecular weight is 341 g/mol. The first-order valence-electron chi connectivity index (χ1n) is 8.77. The fourth-order valence-electron chi connectivity index (χ4n) is 3.18. The molecule has 1 amide bonds. The van der Waals surface area contributed by atoms with Gasteiger partial charge in [-0.1, -0.05) is 18.2 Å². The van der Waals surface area contributed by atoms with E-state index in [1.807, 2.05) is 40.1 Å². The summed E-state index contributed by atoms with van der Waals surface area (Å²) in [6.45, 7) is 7.88. The summed E-state index contributed by atoms with van der Waals surface area (Å²) in [5, 5.41) is 3.48. The van der Waals surface area contributed by atoms with Crippen LogP contribution < -0.4 is 10.2 Å². The number of nitrogens with one attached hydrogen (secondary N) is 1. The number of rotatable bonds is 4. The standard InChI is InChI=1S/C20H27N3O2/c1-20(2,3)25-19(24)23-12-10-15-7-5-8-16(18(15)23)13-21-14-17-9-6-11-22(17)4/h5-9,11,21H,10,12-14H2,1-4H3. The van der Waals surface area contributed by atoms with Crippen molar-refractivity contribution in [3.63, 3.8) is 0 Å². The van der Waals surface area contributed by atoms with Crippen molar-refractivity contribution in [2.45, 2.75) is 45.9 Å². The van der Waals surface area contributed by atoms with E-state index in [9.17, 15) is 4.79 Å². The molecule has 0 saturated carbocycles. The van der Waals surface area contributed by atoms with E-state index in [0.717, 1.165) is 24.2 Å². The predicted molar refractivity (Wildman–Crippen MR) is 99.7 cm³/mol. The van der Waals surface area contributed by atoms with Crippen LogP contribution in [-0.2, 0) is 31.3 Å². The second-order valence-corrected chi connectivity index (χ2v) is 7.52. The van der Waals surface area contributed by atoms with Crippen LogP contribution in [0.15, 0.2) is 36.5 Å². The van der Waals surface area contributed by atoms with Crippen LogP contribution in [0.25, 0.3) is 0 Å². The van der Waals surface area contributed by atoms with Gasteiger partial charge in [-0.25, -0.2) is 4.79 Å². The van der Waals surface area contributed by atoms with Crippen LogP contribution in [0.3, 0.4) is 0 Å². The van der Waals surface area contributed by atoms with E-state index in [4.69, 9.17) is 4.74 Å². The Morgan fingerprint density at radius 2 is 2.00 bits per heavy atom. The summed E-state index contributed by atoms with van der Waals surface area (Å²) in [7, 11) is 2.04. The summed E-state index contributed by atoms with van der Waals surface area (Å²) in [5.74, 6) is 0. The first-order chi connectivity index (χ1) is 11.8. The van der Waals surface area contributed by atoms with Gasteiger partial charge in [0.25, 0.3) is 0 Å². The zero-order valence-electron chi connectivity index (χ0n) is 15.5. The second kappa shape index (κ2) is 6.92. The smallest absolute Gasteiger partial charge is 0.414 e. The van der Waals surface area contributed by atoms with E-state index in [1.54, 1.807) is 4.90 Å². The maximum atomic E-state index is 12.6. The minimum Gasteiger partial charge on any atom is -0.443 e. The fraction of sp³-hybridized carbons (Fsp3) is 0.450. The summed E-state index contributed by atoms with van der Waals surface area (Å²) < 4.78 is 7.68. The van der Waals surface area contributed by atoms with E-state index in [0.29, 0.717) is 13.1 Å². The number of fused-ring (bicyclic) bond motifs is 1. The van der Waals surface area contributed by atoms with Crippen LogP contribution in [0.2, 0.25) is 0 Å². The Kier molecular flexibility index (Phi) is 4.86. The summed E-state index contributed by atoms with van der Waals surface area (Å²) >= 11 is 0. The van der Waals surface area contributed by atoms with Crippen molar-refractivity contribution in [2.24, 2.45) is 7.05 Å². The Bertz CT molecular complexity index is 759. The van der Waals surface area contributed by atoms with Crippen molar-refractivity contribution in [3.05, 3.63) is 53.3 Å². The molecule has 2 aromatic rings. The third kappa shape index (κ3) is 4.04. The van der Waals surface area contributed by atoms with Crippen molar-refractivity contribution in [1.29, 1.82) is 0 Å². The lowest BCUT2D eigenvalue weighted by atomic mass is 10.1. The van der Waals surface area contributed by atoms with Gasteiger partial charge in [-0.3, -0.25) is 4.90 Å². The highest BCUT2D eigenvalue weighted by Gasteiger charge is 2.30. The lowest BCUT2D eigenvalue weighted by molar-refractivity contribution is 0.0583. The third-order valence-corrected chi connectivity index (χ3v) is 4.36. The Balaban J connectivity index is 1.73. The van der Waals surface area contributed by atoms with Gasteiger partial charge in [0.2, 0.25) is 0 Å². The van der Waals surface area contributed by atoms with Crippen LogP contribution in [0, 0.1) is 0 Å². The van der Waals surface area contributed by atoms with Gasteiger partial charge in [0.15, 0.2) is 0 Å². The van der Waals surface area contributed by atoms with Crippen molar-refractivity contribution >= 4 is 11.8 Å². The maximum Gasteiger partial charge on any atom is 0.414 e. The highest BCUT2D eigenvalue weighted by molar-refractivity contribution is 5.91. The zero-order chi connectivity index (χ0) is 18.0. The molecule has 1 aliphatic heterocycles. The predicted octanol–water partition coefficient (Wildman–Crippen LogP) is 3.61. The molecule has 0 fully saturated rings. The Morgan fingerprint density at radius 3 is 2.68 bits per heavy atom. The molecule has 3 rings (SSSR count). The normalized spacial score (nSPS) is 13.8. The Morgan fingerprint density at radius 1 is 1.20 bits per heavy atom. The number of anilines is 1. The van der Waals surface area contributed by atoms with Crippen molar-refractivity contribution in [2.75, 3.05) is 11.4 Å². The average Bonchev–Trinajstić information content (AvgIpc) is 3.12. The minimum atomic E-state index is -0.487. The van der Waals surface area contributed by atoms with Crippen LogP contribution >= 0.6 is 0 Å². The largest absolute Gasteiger partial charge is 0.443 e. The molecule has 1 N–H and O–H groups in total. The number of aromatic nitrogens is 1. The molecule has 134 valence electrons. The molecule has 2 heterocycles. The molecule has 0 radical (unpaired) electrons.